The molecule has 1 aliphatic rings. The van der Waals surface area contributed by atoms with E-state index in [2.05, 4.69) is 9.88 Å². The van der Waals surface area contributed by atoms with Gasteiger partial charge in [-0.1, -0.05) is 12.1 Å². The van der Waals surface area contributed by atoms with E-state index >= 15 is 0 Å². The summed E-state index contributed by atoms with van der Waals surface area (Å²) < 4.78 is 13.1. The topological polar surface area (TPSA) is 36.4 Å². The Bertz CT molecular complexity index is 946. The zero-order valence-electron chi connectivity index (χ0n) is 15.1. The SMILES string of the molecule is Cc1csc(-c2cccc(C(=O)N3CCN(c4ccc(F)cc4)CC3)c2)n1. The van der Waals surface area contributed by atoms with Crippen LogP contribution in [0.2, 0.25) is 0 Å². The Hall–Kier alpha value is -2.73. The molecule has 1 aromatic heterocycles. The molecule has 0 aliphatic carbocycles. The lowest BCUT2D eigenvalue weighted by molar-refractivity contribution is 0.0747. The Morgan fingerprint density at radius 2 is 1.81 bits per heavy atom. The van der Waals surface area contributed by atoms with E-state index in [1.54, 1.807) is 23.5 Å². The molecular formula is C21H20FN3OS. The highest BCUT2D eigenvalue weighted by molar-refractivity contribution is 7.13. The number of benzene rings is 2. The zero-order valence-corrected chi connectivity index (χ0v) is 15.9. The van der Waals surface area contributed by atoms with Crippen molar-refractivity contribution in [3.05, 3.63) is 71.0 Å². The molecule has 0 N–H and O–H groups in total. The molecule has 2 aromatic carbocycles. The Labute approximate surface area is 161 Å². The number of anilines is 1. The van der Waals surface area contributed by atoms with E-state index in [0.717, 1.165) is 35.0 Å². The maximum absolute atomic E-state index is 13.1. The number of nitrogens with zero attached hydrogens (tertiary/aromatic N) is 3. The van der Waals surface area contributed by atoms with Crippen molar-refractivity contribution >= 4 is 22.9 Å². The van der Waals surface area contributed by atoms with Crippen molar-refractivity contribution in [2.45, 2.75) is 6.92 Å². The van der Waals surface area contributed by atoms with Crippen LogP contribution in [0.5, 0.6) is 0 Å². The minimum absolute atomic E-state index is 0.0453. The summed E-state index contributed by atoms with van der Waals surface area (Å²) >= 11 is 1.59. The van der Waals surface area contributed by atoms with Crippen molar-refractivity contribution in [3.63, 3.8) is 0 Å². The number of rotatable bonds is 3. The Morgan fingerprint density at radius 1 is 1.07 bits per heavy atom. The van der Waals surface area contributed by atoms with E-state index in [4.69, 9.17) is 0 Å². The Morgan fingerprint density at radius 3 is 2.48 bits per heavy atom. The average molecular weight is 381 g/mol. The van der Waals surface area contributed by atoms with Crippen molar-refractivity contribution in [3.8, 4) is 10.6 Å². The van der Waals surface area contributed by atoms with Gasteiger partial charge in [0.2, 0.25) is 0 Å². The number of thiazole rings is 1. The summed E-state index contributed by atoms with van der Waals surface area (Å²) in [4.78, 5) is 21.5. The van der Waals surface area contributed by atoms with Gasteiger partial charge in [-0.3, -0.25) is 4.79 Å². The summed E-state index contributed by atoms with van der Waals surface area (Å²) in [6.45, 7) is 4.74. The second kappa shape index (κ2) is 7.48. The molecule has 4 nitrogen and oxygen atoms in total. The number of halogens is 1. The Kier molecular flexibility index (Phi) is 4.90. The quantitative estimate of drug-likeness (QED) is 0.682. The number of carbonyl (C=O) groups excluding carboxylic acids is 1. The molecule has 138 valence electrons. The van der Waals surface area contributed by atoms with E-state index in [1.165, 1.54) is 12.1 Å². The van der Waals surface area contributed by atoms with Crippen LogP contribution in [0.15, 0.2) is 53.9 Å². The summed E-state index contributed by atoms with van der Waals surface area (Å²) in [5.41, 5.74) is 3.65. The van der Waals surface area contributed by atoms with Gasteiger partial charge < -0.3 is 9.80 Å². The molecule has 1 amide bonds. The molecule has 0 atom stereocenters. The van der Waals surface area contributed by atoms with Crippen LogP contribution in [-0.2, 0) is 0 Å². The normalized spacial score (nSPS) is 14.4. The second-order valence-electron chi connectivity index (χ2n) is 6.63. The number of hydrogen-bond acceptors (Lipinski definition) is 4. The molecule has 0 bridgehead atoms. The van der Waals surface area contributed by atoms with E-state index in [0.29, 0.717) is 18.7 Å². The molecule has 2 heterocycles. The third-order valence-electron chi connectivity index (χ3n) is 4.73. The van der Waals surface area contributed by atoms with Gasteiger partial charge in [-0.2, -0.15) is 0 Å². The van der Waals surface area contributed by atoms with Crippen molar-refractivity contribution in [2.75, 3.05) is 31.1 Å². The molecule has 4 rings (SSSR count). The van der Waals surface area contributed by atoms with Gasteiger partial charge in [-0.15, -0.1) is 11.3 Å². The second-order valence-corrected chi connectivity index (χ2v) is 7.49. The monoisotopic (exact) mass is 381 g/mol. The van der Waals surface area contributed by atoms with Gasteiger partial charge in [-0.25, -0.2) is 9.37 Å². The van der Waals surface area contributed by atoms with Crippen molar-refractivity contribution in [1.29, 1.82) is 0 Å². The van der Waals surface area contributed by atoms with Gasteiger partial charge in [0.1, 0.15) is 10.8 Å². The molecule has 6 heteroatoms. The van der Waals surface area contributed by atoms with Crippen LogP contribution in [0.4, 0.5) is 10.1 Å². The van der Waals surface area contributed by atoms with Crippen LogP contribution in [0, 0.1) is 12.7 Å². The molecular weight excluding hydrogens is 361 g/mol. The van der Waals surface area contributed by atoms with Crippen molar-refractivity contribution in [1.82, 2.24) is 9.88 Å². The fourth-order valence-corrected chi connectivity index (χ4v) is 4.07. The van der Waals surface area contributed by atoms with Crippen LogP contribution in [0.25, 0.3) is 10.6 Å². The standard InChI is InChI=1S/C21H20FN3OS/c1-15-14-27-20(23-15)16-3-2-4-17(13-16)21(26)25-11-9-24(10-12-25)19-7-5-18(22)6-8-19/h2-8,13-14H,9-12H2,1H3. The van der Waals surface area contributed by atoms with Crippen LogP contribution < -0.4 is 4.90 Å². The fourth-order valence-electron chi connectivity index (χ4n) is 3.27. The third-order valence-corrected chi connectivity index (χ3v) is 5.74. The first-order valence-corrected chi connectivity index (χ1v) is 9.80. The number of carbonyl (C=O) groups is 1. The van der Waals surface area contributed by atoms with E-state index in [-0.39, 0.29) is 11.7 Å². The number of hydrogen-bond donors (Lipinski definition) is 0. The average Bonchev–Trinajstić information content (AvgIpc) is 3.15. The van der Waals surface area contributed by atoms with Crippen LogP contribution >= 0.6 is 11.3 Å². The fraction of sp³-hybridized carbons (Fsp3) is 0.238. The third kappa shape index (κ3) is 3.85. The summed E-state index contributed by atoms with van der Waals surface area (Å²) in [5, 5.41) is 2.95. The maximum atomic E-state index is 13.1. The lowest BCUT2D eigenvalue weighted by Crippen LogP contribution is -2.48. The van der Waals surface area contributed by atoms with Gasteiger partial charge in [0.15, 0.2) is 0 Å². The first-order chi connectivity index (χ1) is 13.1. The van der Waals surface area contributed by atoms with Crippen LogP contribution in [-0.4, -0.2) is 42.0 Å². The molecule has 1 saturated heterocycles. The first kappa shape index (κ1) is 17.7. The van der Waals surface area contributed by atoms with Gasteiger partial charge in [0, 0.05) is 54.1 Å². The number of aryl methyl sites for hydroxylation is 1. The molecule has 3 aromatic rings. The number of aromatic nitrogens is 1. The van der Waals surface area contributed by atoms with Crippen molar-refractivity contribution < 1.29 is 9.18 Å². The van der Waals surface area contributed by atoms with E-state index < -0.39 is 0 Å². The van der Waals surface area contributed by atoms with E-state index in [1.807, 2.05) is 41.5 Å². The molecule has 0 spiro atoms. The summed E-state index contributed by atoms with van der Waals surface area (Å²) in [7, 11) is 0. The highest BCUT2D eigenvalue weighted by Gasteiger charge is 2.22. The highest BCUT2D eigenvalue weighted by Crippen LogP contribution is 2.25. The maximum Gasteiger partial charge on any atom is 0.253 e. The van der Waals surface area contributed by atoms with Gasteiger partial charge in [0.05, 0.1) is 0 Å². The predicted molar refractivity (Wildman–Crippen MR) is 107 cm³/mol. The first-order valence-electron chi connectivity index (χ1n) is 8.92. The smallest absolute Gasteiger partial charge is 0.253 e. The number of amides is 1. The van der Waals surface area contributed by atoms with E-state index in [9.17, 15) is 9.18 Å². The zero-order chi connectivity index (χ0) is 18.8. The molecule has 0 unspecified atom stereocenters. The lowest BCUT2D eigenvalue weighted by atomic mass is 10.1. The largest absolute Gasteiger partial charge is 0.368 e. The molecule has 27 heavy (non-hydrogen) atoms. The van der Waals surface area contributed by atoms with Crippen LogP contribution in [0.3, 0.4) is 0 Å². The molecule has 1 fully saturated rings. The summed E-state index contributed by atoms with van der Waals surface area (Å²) in [5.74, 6) is -0.188. The molecule has 0 saturated carbocycles. The predicted octanol–water partition coefficient (Wildman–Crippen LogP) is 4.22. The minimum atomic E-state index is -0.233. The minimum Gasteiger partial charge on any atom is -0.368 e. The van der Waals surface area contributed by atoms with Crippen molar-refractivity contribution in [2.24, 2.45) is 0 Å². The van der Waals surface area contributed by atoms with Gasteiger partial charge in [-0.05, 0) is 43.3 Å². The lowest BCUT2D eigenvalue weighted by Gasteiger charge is -2.36. The Balaban J connectivity index is 1.44. The molecule has 0 radical (unpaired) electrons. The summed E-state index contributed by atoms with van der Waals surface area (Å²) in [6, 6.07) is 14.2. The number of piperazine rings is 1. The highest BCUT2D eigenvalue weighted by atomic mass is 32.1. The van der Waals surface area contributed by atoms with Crippen LogP contribution in [0.1, 0.15) is 16.1 Å². The summed E-state index contributed by atoms with van der Waals surface area (Å²) in [6.07, 6.45) is 0. The van der Waals surface area contributed by atoms with Gasteiger partial charge >= 0.3 is 0 Å². The molecule has 1 aliphatic heterocycles. The van der Waals surface area contributed by atoms with Gasteiger partial charge in [0.25, 0.3) is 5.91 Å².